The van der Waals surface area contributed by atoms with Crippen LogP contribution in [0.5, 0.6) is 0 Å². The second-order valence-electron chi connectivity index (χ2n) is 7.86. The van der Waals surface area contributed by atoms with Crippen LogP contribution in [-0.4, -0.2) is 34.8 Å². The van der Waals surface area contributed by atoms with Gasteiger partial charge in [0.15, 0.2) is 0 Å². The maximum atomic E-state index is 13.4. The number of halogens is 2. The zero-order valence-electron chi connectivity index (χ0n) is 16.0. The standard InChI is InChI=1S/C22H23Cl2N3O2/c23-17-4-1-3-16(13-17)22(9-2-10-22)21(29)27-11-7-15(8-12-27)20(28)26-19-6-5-18(24)14-25-19/h1,3-6,13-15H,2,7-12H2,(H,25,26,28). The predicted molar refractivity (Wildman–Crippen MR) is 114 cm³/mol. The van der Waals surface area contributed by atoms with Crippen LogP contribution in [0.25, 0.3) is 0 Å². The topological polar surface area (TPSA) is 62.3 Å². The van der Waals surface area contributed by atoms with Crippen LogP contribution in [0, 0.1) is 5.92 Å². The van der Waals surface area contributed by atoms with Crippen molar-refractivity contribution in [2.45, 2.75) is 37.5 Å². The summed E-state index contributed by atoms with van der Waals surface area (Å²) in [7, 11) is 0. The van der Waals surface area contributed by atoms with Gasteiger partial charge in [-0.05, 0) is 55.5 Å². The van der Waals surface area contributed by atoms with Crippen molar-refractivity contribution in [3.63, 3.8) is 0 Å². The summed E-state index contributed by atoms with van der Waals surface area (Å²) in [4.78, 5) is 32.0. The third-order valence-electron chi connectivity index (χ3n) is 6.13. The first kappa shape index (κ1) is 20.2. The average Bonchev–Trinajstić information content (AvgIpc) is 2.69. The normalized spacial score (nSPS) is 18.8. The van der Waals surface area contributed by atoms with Gasteiger partial charge in [0.05, 0.1) is 10.4 Å². The highest BCUT2D eigenvalue weighted by Gasteiger charge is 2.48. The number of pyridine rings is 1. The molecule has 0 radical (unpaired) electrons. The summed E-state index contributed by atoms with van der Waals surface area (Å²) in [5, 5.41) is 4.03. The molecular formula is C22H23Cl2N3O2. The monoisotopic (exact) mass is 431 g/mol. The minimum absolute atomic E-state index is 0.0554. The summed E-state index contributed by atoms with van der Waals surface area (Å²) >= 11 is 12.0. The first-order chi connectivity index (χ1) is 14.0. The first-order valence-electron chi connectivity index (χ1n) is 9.96. The number of piperidine rings is 1. The van der Waals surface area contributed by atoms with Crippen molar-refractivity contribution < 1.29 is 9.59 Å². The number of carbonyl (C=O) groups is 2. The number of aromatic nitrogens is 1. The molecule has 2 aliphatic rings. The molecule has 0 spiro atoms. The van der Waals surface area contributed by atoms with E-state index < -0.39 is 5.41 Å². The van der Waals surface area contributed by atoms with E-state index in [1.807, 2.05) is 29.2 Å². The fourth-order valence-corrected chi connectivity index (χ4v) is 4.57. The molecule has 2 aromatic rings. The largest absolute Gasteiger partial charge is 0.342 e. The molecule has 1 saturated heterocycles. The second kappa shape index (κ2) is 8.33. The Morgan fingerprint density at radius 2 is 1.83 bits per heavy atom. The van der Waals surface area contributed by atoms with Gasteiger partial charge in [-0.15, -0.1) is 0 Å². The number of benzene rings is 1. The minimum atomic E-state index is -0.451. The van der Waals surface area contributed by atoms with E-state index in [-0.39, 0.29) is 17.7 Å². The Morgan fingerprint density at radius 3 is 2.41 bits per heavy atom. The summed E-state index contributed by atoms with van der Waals surface area (Å²) in [5.74, 6) is 0.483. The fraction of sp³-hybridized carbons (Fsp3) is 0.409. The molecule has 1 N–H and O–H groups in total. The molecule has 0 bridgehead atoms. The lowest BCUT2D eigenvalue weighted by molar-refractivity contribution is -0.143. The third kappa shape index (κ3) is 4.12. The van der Waals surface area contributed by atoms with Gasteiger partial charge in [0.1, 0.15) is 5.82 Å². The van der Waals surface area contributed by atoms with Gasteiger partial charge in [-0.2, -0.15) is 0 Å². The number of amides is 2. The molecule has 0 unspecified atom stereocenters. The number of hydrogen-bond acceptors (Lipinski definition) is 3. The van der Waals surface area contributed by atoms with E-state index >= 15 is 0 Å². The van der Waals surface area contributed by atoms with Crippen LogP contribution in [0.15, 0.2) is 42.6 Å². The summed E-state index contributed by atoms with van der Waals surface area (Å²) in [5.41, 5.74) is 0.558. The molecule has 1 aliphatic carbocycles. The van der Waals surface area contributed by atoms with Crippen molar-refractivity contribution in [1.29, 1.82) is 0 Å². The zero-order valence-corrected chi connectivity index (χ0v) is 17.5. The van der Waals surface area contributed by atoms with Crippen molar-refractivity contribution in [3.05, 3.63) is 58.2 Å². The van der Waals surface area contributed by atoms with Crippen LogP contribution in [0.2, 0.25) is 10.0 Å². The number of nitrogens with zero attached hydrogens (tertiary/aromatic N) is 2. The molecule has 0 atom stereocenters. The summed E-state index contributed by atoms with van der Waals surface area (Å²) in [6.07, 6.45) is 5.56. The van der Waals surface area contributed by atoms with E-state index in [0.717, 1.165) is 24.8 Å². The van der Waals surface area contributed by atoms with E-state index in [9.17, 15) is 9.59 Å². The lowest BCUT2D eigenvalue weighted by Gasteiger charge is -2.45. The Morgan fingerprint density at radius 1 is 1.07 bits per heavy atom. The lowest BCUT2D eigenvalue weighted by atomic mass is 9.63. The van der Waals surface area contributed by atoms with Crippen molar-refractivity contribution in [2.24, 2.45) is 5.92 Å². The molecule has 1 saturated carbocycles. The highest BCUT2D eigenvalue weighted by molar-refractivity contribution is 6.30. The summed E-state index contributed by atoms with van der Waals surface area (Å²) in [6, 6.07) is 11.0. The molecule has 5 nitrogen and oxygen atoms in total. The molecule has 29 heavy (non-hydrogen) atoms. The fourth-order valence-electron chi connectivity index (χ4n) is 4.27. The molecule has 2 heterocycles. The number of likely N-dealkylation sites (tertiary alicyclic amines) is 1. The van der Waals surface area contributed by atoms with Gasteiger partial charge in [-0.1, -0.05) is 41.8 Å². The van der Waals surface area contributed by atoms with Crippen LogP contribution < -0.4 is 5.32 Å². The molecular weight excluding hydrogens is 409 g/mol. The van der Waals surface area contributed by atoms with Crippen LogP contribution in [0.3, 0.4) is 0 Å². The van der Waals surface area contributed by atoms with E-state index in [1.54, 1.807) is 12.1 Å². The highest BCUT2D eigenvalue weighted by Crippen LogP contribution is 2.46. The van der Waals surface area contributed by atoms with Crippen LogP contribution in [0.1, 0.15) is 37.7 Å². The van der Waals surface area contributed by atoms with Gasteiger partial charge in [-0.3, -0.25) is 9.59 Å². The number of hydrogen-bond donors (Lipinski definition) is 1. The van der Waals surface area contributed by atoms with E-state index in [0.29, 0.717) is 41.8 Å². The van der Waals surface area contributed by atoms with Gasteiger partial charge in [0, 0.05) is 30.2 Å². The maximum absolute atomic E-state index is 13.4. The highest BCUT2D eigenvalue weighted by atomic mass is 35.5. The van der Waals surface area contributed by atoms with Gasteiger partial charge in [0.2, 0.25) is 11.8 Å². The number of rotatable bonds is 4. The van der Waals surface area contributed by atoms with Gasteiger partial charge in [0.25, 0.3) is 0 Å². The van der Waals surface area contributed by atoms with Gasteiger partial charge < -0.3 is 10.2 Å². The predicted octanol–water partition coefficient (Wildman–Crippen LogP) is 4.69. The first-order valence-corrected chi connectivity index (χ1v) is 10.7. The molecule has 1 aliphatic heterocycles. The summed E-state index contributed by atoms with van der Waals surface area (Å²) < 4.78 is 0. The minimum Gasteiger partial charge on any atom is -0.342 e. The Bertz CT molecular complexity index is 905. The molecule has 1 aromatic carbocycles. The van der Waals surface area contributed by atoms with Crippen molar-refractivity contribution >= 4 is 40.8 Å². The van der Waals surface area contributed by atoms with Crippen LogP contribution in [-0.2, 0) is 15.0 Å². The van der Waals surface area contributed by atoms with Gasteiger partial charge in [-0.25, -0.2) is 4.98 Å². The van der Waals surface area contributed by atoms with E-state index in [1.165, 1.54) is 6.20 Å². The van der Waals surface area contributed by atoms with E-state index in [2.05, 4.69) is 10.3 Å². The van der Waals surface area contributed by atoms with E-state index in [4.69, 9.17) is 23.2 Å². The molecule has 4 rings (SSSR count). The molecule has 7 heteroatoms. The molecule has 152 valence electrons. The van der Waals surface area contributed by atoms with Crippen LogP contribution in [0.4, 0.5) is 5.82 Å². The zero-order chi connectivity index (χ0) is 20.4. The Kier molecular flexibility index (Phi) is 5.79. The van der Waals surface area contributed by atoms with Crippen molar-refractivity contribution in [3.8, 4) is 0 Å². The number of anilines is 1. The number of nitrogens with one attached hydrogen (secondary N) is 1. The van der Waals surface area contributed by atoms with Crippen molar-refractivity contribution in [1.82, 2.24) is 9.88 Å². The van der Waals surface area contributed by atoms with Gasteiger partial charge >= 0.3 is 0 Å². The molecule has 2 fully saturated rings. The Labute approximate surface area is 180 Å². The maximum Gasteiger partial charge on any atom is 0.233 e. The summed E-state index contributed by atoms with van der Waals surface area (Å²) in [6.45, 7) is 1.18. The molecule has 2 amide bonds. The Balaban J connectivity index is 1.38. The lowest BCUT2D eigenvalue weighted by Crippen LogP contribution is -2.53. The average molecular weight is 432 g/mol. The molecule has 1 aromatic heterocycles. The Hall–Kier alpha value is -2.11. The third-order valence-corrected chi connectivity index (χ3v) is 6.58. The quantitative estimate of drug-likeness (QED) is 0.763. The van der Waals surface area contributed by atoms with Crippen molar-refractivity contribution in [2.75, 3.05) is 18.4 Å². The van der Waals surface area contributed by atoms with Crippen LogP contribution >= 0.6 is 23.2 Å². The number of carbonyl (C=O) groups excluding carboxylic acids is 2. The second-order valence-corrected chi connectivity index (χ2v) is 8.74. The smallest absolute Gasteiger partial charge is 0.233 e. The SMILES string of the molecule is O=C(Nc1ccc(Cl)cn1)C1CCN(C(=O)C2(c3cccc(Cl)c3)CCC2)CC1.